The molecule has 4 heteroatoms. The molecule has 0 spiro atoms. The maximum absolute atomic E-state index is 4.37. The average molecular weight is 250 g/mol. The van der Waals surface area contributed by atoms with Crippen LogP contribution in [0, 0.1) is 0 Å². The van der Waals surface area contributed by atoms with Crippen LogP contribution in [0.1, 0.15) is 11.3 Å². The molecule has 66 valence electrons. The van der Waals surface area contributed by atoms with Crippen molar-refractivity contribution in [2.75, 3.05) is 6.54 Å². The molecule has 0 aliphatic carbocycles. The van der Waals surface area contributed by atoms with E-state index in [0.717, 1.165) is 24.1 Å². The van der Waals surface area contributed by atoms with E-state index in [1.165, 1.54) is 11.3 Å². The third-order valence-corrected chi connectivity index (χ3v) is 2.34. The van der Waals surface area contributed by atoms with Gasteiger partial charge in [-0.15, -0.1) is 12.4 Å². The van der Waals surface area contributed by atoms with Gasteiger partial charge in [0.25, 0.3) is 0 Å². The van der Waals surface area contributed by atoms with Crippen molar-refractivity contribution in [3.05, 3.63) is 28.0 Å². The summed E-state index contributed by atoms with van der Waals surface area (Å²) < 4.78 is 0.931. The Balaban J connectivity index is 0.000000720. The second kappa shape index (κ2) is 4.21. The van der Waals surface area contributed by atoms with Crippen molar-refractivity contribution < 1.29 is 0 Å². The van der Waals surface area contributed by atoms with Crippen molar-refractivity contribution >= 4 is 28.3 Å². The highest BCUT2D eigenvalue weighted by Crippen LogP contribution is 2.14. The summed E-state index contributed by atoms with van der Waals surface area (Å²) in [6, 6.07) is 4.15. The minimum Gasteiger partial charge on any atom is -0.311 e. The van der Waals surface area contributed by atoms with Gasteiger partial charge in [-0.3, -0.25) is 0 Å². The van der Waals surface area contributed by atoms with Gasteiger partial charge in [-0.2, -0.15) is 0 Å². The monoisotopic (exact) mass is 248 g/mol. The van der Waals surface area contributed by atoms with Gasteiger partial charge in [0.1, 0.15) is 4.60 Å². The highest BCUT2D eigenvalue weighted by Gasteiger charge is 2.08. The van der Waals surface area contributed by atoms with Gasteiger partial charge >= 0.3 is 0 Å². The topological polar surface area (TPSA) is 24.9 Å². The van der Waals surface area contributed by atoms with E-state index in [9.17, 15) is 0 Å². The van der Waals surface area contributed by atoms with E-state index in [4.69, 9.17) is 0 Å². The molecule has 0 atom stereocenters. The minimum atomic E-state index is 0. The number of rotatable bonds is 0. The Kier molecular flexibility index (Phi) is 3.50. The number of halogens is 2. The number of aromatic nitrogens is 1. The van der Waals surface area contributed by atoms with Gasteiger partial charge in [-0.05, 0) is 40.5 Å². The van der Waals surface area contributed by atoms with Crippen LogP contribution in [-0.2, 0) is 13.0 Å². The second-order valence-corrected chi connectivity index (χ2v) is 3.48. The fraction of sp³-hybridized carbons (Fsp3) is 0.375. The van der Waals surface area contributed by atoms with Crippen LogP contribution in [0.4, 0.5) is 0 Å². The Morgan fingerprint density at radius 2 is 2.25 bits per heavy atom. The molecule has 12 heavy (non-hydrogen) atoms. The van der Waals surface area contributed by atoms with E-state index in [0.29, 0.717) is 0 Å². The SMILES string of the molecule is Brc1ccc2c(n1)CNCC2.Cl. The minimum absolute atomic E-state index is 0. The molecule has 2 heterocycles. The van der Waals surface area contributed by atoms with Crippen LogP contribution in [-0.4, -0.2) is 11.5 Å². The number of pyridine rings is 1. The highest BCUT2D eigenvalue weighted by atomic mass is 79.9. The number of hydrogen-bond donors (Lipinski definition) is 1. The molecule has 0 bridgehead atoms. The third-order valence-electron chi connectivity index (χ3n) is 1.90. The Morgan fingerprint density at radius 3 is 3.08 bits per heavy atom. The molecular formula is C8H10BrClN2. The quantitative estimate of drug-likeness (QED) is 0.711. The molecule has 1 aromatic rings. The maximum atomic E-state index is 4.37. The summed E-state index contributed by atoms with van der Waals surface area (Å²) in [5.41, 5.74) is 2.57. The molecule has 1 aliphatic heterocycles. The first kappa shape index (κ1) is 9.96. The van der Waals surface area contributed by atoms with Crippen molar-refractivity contribution in [2.24, 2.45) is 0 Å². The largest absolute Gasteiger partial charge is 0.311 e. The Bertz CT molecular complexity index is 278. The van der Waals surface area contributed by atoms with E-state index in [-0.39, 0.29) is 12.4 Å². The van der Waals surface area contributed by atoms with Gasteiger partial charge in [-0.25, -0.2) is 4.98 Å². The van der Waals surface area contributed by atoms with Gasteiger partial charge in [-0.1, -0.05) is 6.07 Å². The van der Waals surface area contributed by atoms with Crippen molar-refractivity contribution in [3.8, 4) is 0 Å². The van der Waals surface area contributed by atoms with Crippen LogP contribution < -0.4 is 5.32 Å². The van der Waals surface area contributed by atoms with Crippen LogP contribution in [0.5, 0.6) is 0 Å². The van der Waals surface area contributed by atoms with Crippen LogP contribution in [0.15, 0.2) is 16.7 Å². The maximum Gasteiger partial charge on any atom is 0.106 e. The van der Waals surface area contributed by atoms with Crippen LogP contribution >= 0.6 is 28.3 Å². The van der Waals surface area contributed by atoms with E-state index >= 15 is 0 Å². The molecule has 2 rings (SSSR count). The summed E-state index contributed by atoms with van der Waals surface area (Å²) in [6.07, 6.45) is 1.11. The predicted molar refractivity (Wildman–Crippen MR) is 54.6 cm³/mol. The van der Waals surface area contributed by atoms with Gasteiger partial charge in [0.05, 0.1) is 5.69 Å². The number of nitrogens with zero attached hydrogens (tertiary/aromatic N) is 1. The van der Waals surface area contributed by atoms with Crippen LogP contribution in [0.2, 0.25) is 0 Å². The molecule has 0 unspecified atom stereocenters. The molecule has 0 fully saturated rings. The fourth-order valence-corrected chi connectivity index (χ4v) is 1.66. The standard InChI is InChI=1S/C8H9BrN2.ClH/c9-8-2-1-6-3-4-10-5-7(6)11-8;/h1-2,10H,3-5H2;1H. The van der Waals surface area contributed by atoms with E-state index in [1.54, 1.807) is 0 Å². The summed E-state index contributed by atoms with van der Waals surface area (Å²) in [6.45, 7) is 1.99. The van der Waals surface area contributed by atoms with Crippen LogP contribution in [0.25, 0.3) is 0 Å². The van der Waals surface area contributed by atoms with Gasteiger partial charge in [0.15, 0.2) is 0 Å². The van der Waals surface area contributed by atoms with E-state index in [2.05, 4.69) is 32.3 Å². The van der Waals surface area contributed by atoms with E-state index < -0.39 is 0 Å². The first-order chi connectivity index (χ1) is 5.36. The first-order valence-corrected chi connectivity index (χ1v) is 4.50. The summed E-state index contributed by atoms with van der Waals surface area (Å²) in [7, 11) is 0. The molecule has 0 saturated carbocycles. The molecule has 2 nitrogen and oxygen atoms in total. The number of nitrogens with one attached hydrogen (secondary N) is 1. The summed E-state index contributed by atoms with van der Waals surface area (Å²) >= 11 is 3.35. The number of fused-ring (bicyclic) bond motifs is 1. The highest BCUT2D eigenvalue weighted by molar-refractivity contribution is 9.10. The fourth-order valence-electron chi connectivity index (χ4n) is 1.31. The summed E-state index contributed by atoms with van der Waals surface area (Å²) in [4.78, 5) is 4.37. The molecule has 1 N–H and O–H groups in total. The predicted octanol–water partition coefficient (Wildman–Crippen LogP) is 1.91. The van der Waals surface area contributed by atoms with E-state index in [1.807, 2.05) is 6.07 Å². The Labute approximate surface area is 86.3 Å². The second-order valence-electron chi connectivity index (χ2n) is 2.67. The van der Waals surface area contributed by atoms with Gasteiger partial charge < -0.3 is 5.32 Å². The molecule has 0 radical (unpaired) electrons. The molecular weight excluding hydrogens is 239 g/mol. The van der Waals surface area contributed by atoms with Gasteiger partial charge in [0.2, 0.25) is 0 Å². The lowest BCUT2D eigenvalue weighted by Crippen LogP contribution is -2.24. The third kappa shape index (κ3) is 1.97. The Morgan fingerprint density at radius 1 is 1.42 bits per heavy atom. The van der Waals surface area contributed by atoms with Crippen molar-refractivity contribution in [2.45, 2.75) is 13.0 Å². The lowest BCUT2D eigenvalue weighted by atomic mass is 10.1. The van der Waals surface area contributed by atoms with Crippen molar-refractivity contribution in [1.29, 1.82) is 0 Å². The molecule has 0 saturated heterocycles. The lowest BCUT2D eigenvalue weighted by Gasteiger charge is -2.15. The molecule has 0 amide bonds. The summed E-state index contributed by atoms with van der Waals surface area (Å²) in [5, 5.41) is 3.28. The smallest absolute Gasteiger partial charge is 0.106 e. The lowest BCUT2D eigenvalue weighted by molar-refractivity contribution is 0.626. The molecule has 1 aliphatic rings. The zero-order chi connectivity index (χ0) is 7.68. The zero-order valence-corrected chi connectivity index (χ0v) is 8.91. The van der Waals surface area contributed by atoms with Crippen LogP contribution in [0.3, 0.4) is 0 Å². The number of hydrogen-bond acceptors (Lipinski definition) is 2. The molecule has 0 aromatic carbocycles. The molecule has 1 aromatic heterocycles. The van der Waals surface area contributed by atoms with Crippen molar-refractivity contribution in [1.82, 2.24) is 10.3 Å². The zero-order valence-electron chi connectivity index (χ0n) is 6.51. The average Bonchev–Trinajstić information content (AvgIpc) is 2.04. The van der Waals surface area contributed by atoms with Gasteiger partial charge in [0, 0.05) is 6.54 Å². The Hall–Kier alpha value is -0.120. The first-order valence-electron chi connectivity index (χ1n) is 3.71. The summed E-state index contributed by atoms with van der Waals surface area (Å²) in [5.74, 6) is 0. The normalized spacial score (nSPS) is 14.8. The van der Waals surface area contributed by atoms with Crippen molar-refractivity contribution in [3.63, 3.8) is 0 Å².